The van der Waals surface area contributed by atoms with Crippen molar-refractivity contribution >= 4 is 28.5 Å². The van der Waals surface area contributed by atoms with E-state index < -0.39 is 5.91 Å². The Morgan fingerprint density at radius 3 is 2.63 bits per heavy atom. The number of rotatable bonds is 5. The first-order valence-corrected chi connectivity index (χ1v) is 10.6. The highest BCUT2D eigenvalue weighted by Gasteiger charge is 2.26. The number of aryl methyl sites for hydroxylation is 2. The lowest BCUT2D eigenvalue weighted by Gasteiger charge is -2.28. The number of hydrogen-bond donors (Lipinski definition) is 1. The molecule has 0 bridgehead atoms. The van der Waals surface area contributed by atoms with Crippen LogP contribution < -0.4 is 10.7 Å². The topological polar surface area (TPSA) is 62.6 Å². The molecule has 1 fully saturated rings. The minimum absolute atomic E-state index is 0.0262. The normalized spacial score (nSPS) is 15.4. The van der Waals surface area contributed by atoms with E-state index in [2.05, 4.69) is 10.2 Å². The number of nitrogens with one attached hydrogen (secondary N) is 1. The van der Waals surface area contributed by atoms with Crippen LogP contribution in [0.2, 0.25) is 5.02 Å². The molecule has 1 amide bonds. The molecule has 1 aliphatic rings. The van der Waals surface area contributed by atoms with Crippen molar-refractivity contribution in [1.29, 1.82) is 0 Å². The lowest BCUT2D eigenvalue weighted by molar-refractivity contribution is 0.0910. The van der Waals surface area contributed by atoms with Gasteiger partial charge >= 0.3 is 0 Å². The van der Waals surface area contributed by atoms with Crippen LogP contribution in [0, 0.1) is 13.8 Å². The van der Waals surface area contributed by atoms with Gasteiger partial charge in [-0.05, 0) is 68.6 Å². The molecule has 1 aromatic heterocycles. The van der Waals surface area contributed by atoms with Crippen molar-refractivity contribution in [3.05, 3.63) is 80.2 Å². The second-order valence-corrected chi connectivity index (χ2v) is 8.33. The Morgan fingerprint density at radius 1 is 1.17 bits per heavy atom. The van der Waals surface area contributed by atoms with Crippen LogP contribution in [-0.2, 0) is 0 Å². The number of hydrogen-bond acceptors (Lipinski definition) is 4. The van der Waals surface area contributed by atoms with E-state index in [1.807, 2.05) is 44.2 Å². The van der Waals surface area contributed by atoms with Crippen LogP contribution >= 0.6 is 11.6 Å². The number of benzene rings is 2. The molecule has 3 aromatic rings. The molecule has 0 spiro atoms. The highest BCUT2D eigenvalue weighted by Crippen LogP contribution is 2.30. The van der Waals surface area contributed by atoms with Gasteiger partial charge < -0.3 is 9.73 Å². The largest absolute Gasteiger partial charge is 0.450 e. The number of nitrogens with zero attached hydrogens (tertiary/aromatic N) is 1. The smallest absolute Gasteiger partial charge is 0.287 e. The molecule has 0 saturated carbocycles. The monoisotopic (exact) mass is 424 g/mol. The van der Waals surface area contributed by atoms with Gasteiger partial charge in [-0.25, -0.2) is 0 Å². The van der Waals surface area contributed by atoms with Crippen molar-refractivity contribution < 1.29 is 9.21 Å². The van der Waals surface area contributed by atoms with Crippen LogP contribution in [0.15, 0.2) is 51.7 Å². The summed E-state index contributed by atoms with van der Waals surface area (Å²) in [4.78, 5) is 27.8. The molecule has 1 saturated heterocycles. The minimum Gasteiger partial charge on any atom is -0.450 e. The molecular weight excluding hydrogens is 400 g/mol. The second kappa shape index (κ2) is 8.62. The zero-order valence-electron chi connectivity index (χ0n) is 17.2. The predicted octanol–water partition coefficient (Wildman–Crippen LogP) is 4.63. The molecule has 5 nitrogen and oxygen atoms in total. The lowest BCUT2D eigenvalue weighted by Crippen LogP contribution is -2.37. The van der Waals surface area contributed by atoms with Crippen molar-refractivity contribution in [3.8, 4) is 0 Å². The molecule has 1 aliphatic heterocycles. The Morgan fingerprint density at radius 2 is 1.90 bits per heavy atom. The van der Waals surface area contributed by atoms with Crippen molar-refractivity contribution in [2.24, 2.45) is 0 Å². The van der Waals surface area contributed by atoms with Gasteiger partial charge in [0, 0.05) is 17.6 Å². The Hall–Kier alpha value is -2.63. The van der Waals surface area contributed by atoms with Gasteiger partial charge in [-0.1, -0.05) is 35.9 Å². The third kappa shape index (κ3) is 4.13. The van der Waals surface area contributed by atoms with E-state index in [1.54, 1.807) is 6.07 Å². The van der Waals surface area contributed by atoms with E-state index >= 15 is 0 Å². The van der Waals surface area contributed by atoms with Crippen molar-refractivity contribution in [3.63, 3.8) is 0 Å². The fraction of sp³-hybridized carbons (Fsp3) is 0.333. The molecule has 6 heteroatoms. The Bertz CT molecular complexity index is 1150. The van der Waals surface area contributed by atoms with E-state index in [1.165, 1.54) is 6.07 Å². The summed E-state index contributed by atoms with van der Waals surface area (Å²) in [6.07, 6.45) is 2.26. The van der Waals surface area contributed by atoms with E-state index in [0.717, 1.165) is 42.6 Å². The quantitative estimate of drug-likeness (QED) is 0.648. The van der Waals surface area contributed by atoms with Crippen molar-refractivity contribution in [1.82, 2.24) is 10.2 Å². The third-order valence-electron chi connectivity index (χ3n) is 5.68. The molecule has 1 atom stereocenters. The molecule has 2 aromatic carbocycles. The first kappa shape index (κ1) is 20.6. The van der Waals surface area contributed by atoms with Crippen LogP contribution in [0.4, 0.5) is 0 Å². The SMILES string of the molecule is Cc1cc(C)c2oc(C(=O)NCC(c3ccccc3Cl)N3CCCC3)cc(=O)c2c1. The maximum absolute atomic E-state index is 12.9. The maximum Gasteiger partial charge on any atom is 0.287 e. The van der Waals surface area contributed by atoms with Gasteiger partial charge in [-0.2, -0.15) is 0 Å². The van der Waals surface area contributed by atoms with Crippen molar-refractivity contribution in [2.45, 2.75) is 32.7 Å². The minimum atomic E-state index is -0.398. The number of fused-ring (bicyclic) bond motifs is 1. The van der Waals surface area contributed by atoms with Crippen LogP contribution in [0.5, 0.6) is 0 Å². The molecule has 0 aliphatic carbocycles. The second-order valence-electron chi connectivity index (χ2n) is 7.92. The van der Waals surface area contributed by atoms with Gasteiger partial charge in [0.05, 0.1) is 11.4 Å². The maximum atomic E-state index is 12.9. The number of carbonyl (C=O) groups excluding carboxylic acids is 1. The summed E-state index contributed by atoms with van der Waals surface area (Å²) in [5.41, 5.74) is 3.06. The fourth-order valence-corrected chi connectivity index (χ4v) is 4.49. The molecule has 0 radical (unpaired) electrons. The number of halogens is 1. The first-order chi connectivity index (χ1) is 14.4. The van der Waals surface area contributed by atoms with E-state index in [9.17, 15) is 9.59 Å². The zero-order valence-corrected chi connectivity index (χ0v) is 18.0. The Kier molecular flexibility index (Phi) is 5.93. The number of likely N-dealkylation sites (tertiary alicyclic amines) is 1. The van der Waals surface area contributed by atoms with Crippen LogP contribution in [0.25, 0.3) is 11.0 Å². The predicted molar refractivity (Wildman–Crippen MR) is 119 cm³/mol. The van der Waals surface area contributed by atoms with Crippen LogP contribution in [0.3, 0.4) is 0 Å². The third-order valence-corrected chi connectivity index (χ3v) is 6.03. The van der Waals surface area contributed by atoms with Gasteiger partial charge in [-0.3, -0.25) is 14.5 Å². The average Bonchev–Trinajstić information content (AvgIpc) is 3.24. The molecule has 1 N–H and O–H groups in total. The lowest BCUT2D eigenvalue weighted by atomic mass is 10.1. The molecule has 2 heterocycles. The summed E-state index contributed by atoms with van der Waals surface area (Å²) < 4.78 is 5.83. The highest BCUT2D eigenvalue weighted by atomic mass is 35.5. The first-order valence-electron chi connectivity index (χ1n) is 10.3. The molecule has 156 valence electrons. The summed E-state index contributed by atoms with van der Waals surface area (Å²) in [7, 11) is 0. The molecule has 1 unspecified atom stereocenters. The van der Waals surface area contributed by atoms with Crippen molar-refractivity contribution in [2.75, 3.05) is 19.6 Å². The van der Waals surface area contributed by atoms with Gasteiger partial charge in [0.15, 0.2) is 11.2 Å². The van der Waals surface area contributed by atoms with E-state index in [0.29, 0.717) is 22.5 Å². The summed E-state index contributed by atoms with van der Waals surface area (Å²) in [5.74, 6) is -0.371. The standard InChI is InChI=1S/C24H25ClN2O3/c1-15-11-16(2)23-18(12-15)21(28)13-22(30-23)24(29)26-14-20(27-9-5-6-10-27)17-7-3-4-8-19(17)25/h3-4,7-8,11-13,20H,5-6,9-10,14H2,1-2H3,(H,26,29). The van der Waals surface area contributed by atoms with Gasteiger partial charge in [0.1, 0.15) is 5.58 Å². The number of carbonyl (C=O) groups is 1. The molecule has 30 heavy (non-hydrogen) atoms. The molecule has 4 rings (SSSR count). The summed E-state index contributed by atoms with van der Waals surface area (Å²) in [6, 6.07) is 12.7. The average molecular weight is 425 g/mol. The summed E-state index contributed by atoms with van der Waals surface area (Å²) in [5, 5.41) is 4.13. The summed E-state index contributed by atoms with van der Waals surface area (Å²) in [6.45, 7) is 6.13. The van der Waals surface area contributed by atoms with Gasteiger partial charge in [-0.15, -0.1) is 0 Å². The number of amides is 1. The Balaban J connectivity index is 1.59. The van der Waals surface area contributed by atoms with Gasteiger partial charge in [0.2, 0.25) is 0 Å². The fourth-order valence-electron chi connectivity index (χ4n) is 4.23. The Labute approximate surface area is 180 Å². The van der Waals surface area contributed by atoms with E-state index in [-0.39, 0.29) is 17.2 Å². The van der Waals surface area contributed by atoms with Gasteiger partial charge in [0.25, 0.3) is 5.91 Å². The van der Waals surface area contributed by atoms with Crippen LogP contribution in [-0.4, -0.2) is 30.4 Å². The summed E-state index contributed by atoms with van der Waals surface area (Å²) >= 11 is 6.45. The van der Waals surface area contributed by atoms with E-state index in [4.69, 9.17) is 16.0 Å². The molecular formula is C24H25ClN2O3. The zero-order chi connectivity index (χ0) is 21.3. The highest BCUT2D eigenvalue weighted by molar-refractivity contribution is 6.31. The van der Waals surface area contributed by atoms with Crippen LogP contribution in [0.1, 0.15) is 46.1 Å².